The first-order valence-electron chi connectivity index (χ1n) is 9.21. The normalized spacial score (nSPS) is 12.9. The lowest BCUT2D eigenvalue weighted by atomic mass is 10.1. The number of halogens is 2. The maximum absolute atomic E-state index is 13.9. The molecule has 2 N–H and O–H groups in total. The highest BCUT2D eigenvalue weighted by Crippen LogP contribution is 2.29. The van der Waals surface area contributed by atoms with Crippen LogP contribution in [0.4, 0.5) is 31.9 Å². The van der Waals surface area contributed by atoms with Crippen molar-refractivity contribution in [2.75, 3.05) is 17.7 Å². The molecule has 1 aliphatic rings. The van der Waals surface area contributed by atoms with Gasteiger partial charge in [0.05, 0.1) is 5.69 Å². The van der Waals surface area contributed by atoms with Crippen LogP contribution in [0.2, 0.25) is 0 Å². The molecular weight excluding hydrogens is 424 g/mol. The first-order chi connectivity index (χ1) is 14.9. The molecule has 0 fully saturated rings. The molecule has 0 bridgehead atoms. The number of aliphatic imine (C=N–C) groups is 1. The zero-order chi connectivity index (χ0) is 22.0. The Morgan fingerprint density at radius 2 is 1.97 bits per heavy atom. The second-order valence-electron chi connectivity index (χ2n) is 6.65. The highest BCUT2D eigenvalue weighted by Gasteiger charge is 2.17. The highest BCUT2D eigenvalue weighted by atomic mass is 32.2. The third-order valence-electron chi connectivity index (χ3n) is 4.56. The van der Waals surface area contributed by atoms with Gasteiger partial charge in [-0.05, 0) is 35.9 Å². The molecule has 0 atom stereocenters. The Balaban J connectivity index is 1.57. The van der Waals surface area contributed by atoms with Gasteiger partial charge in [0.15, 0.2) is 0 Å². The van der Waals surface area contributed by atoms with E-state index in [0.29, 0.717) is 23.4 Å². The summed E-state index contributed by atoms with van der Waals surface area (Å²) in [4.78, 5) is 12.2. The Hall–Kier alpha value is -3.66. The molecular formula is C21H17F2N5O2S. The number of hydrogen-bond donors (Lipinski definition) is 2. The van der Waals surface area contributed by atoms with E-state index in [1.54, 1.807) is 7.05 Å². The first kappa shape index (κ1) is 20.6. The van der Waals surface area contributed by atoms with Crippen molar-refractivity contribution in [1.29, 1.82) is 0 Å². The number of fused-ring (bicyclic) bond motifs is 1. The van der Waals surface area contributed by atoms with E-state index < -0.39 is 26.4 Å². The van der Waals surface area contributed by atoms with Gasteiger partial charge in [0.2, 0.25) is 15.8 Å². The van der Waals surface area contributed by atoms with E-state index in [0.717, 1.165) is 40.9 Å². The van der Waals surface area contributed by atoms with Gasteiger partial charge in [0.25, 0.3) is 0 Å². The van der Waals surface area contributed by atoms with Crippen LogP contribution in [0.3, 0.4) is 0 Å². The van der Waals surface area contributed by atoms with Crippen LogP contribution in [0.1, 0.15) is 11.1 Å². The number of aromatic nitrogens is 2. The maximum atomic E-state index is 13.9. The molecule has 3 aromatic rings. The Morgan fingerprint density at radius 3 is 2.74 bits per heavy atom. The fourth-order valence-electron chi connectivity index (χ4n) is 3.02. The molecule has 0 unspecified atom stereocenters. The molecule has 1 aromatic heterocycles. The molecule has 2 aromatic carbocycles. The van der Waals surface area contributed by atoms with Gasteiger partial charge >= 0.3 is 0 Å². The molecule has 2 heterocycles. The van der Waals surface area contributed by atoms with E-state index >= 15 is 0 Å². The van der Waals surface area contributed by atoms with Crippen LogP contribution in [-0.2, 0) is 16.3 Å². The monoisotopic (exact) mass is 441 g/mol. The highest BCUT2D eigenvalue weighted by molar-refractivity contribution is 7.94. The van der Waals surface area contributed by atoms with Gasteiger partial charge in [0, 0.05) is 48.6 Å². The van der Waals surface area contributed by atoms with Crippen molar-refractivity contribution in [2.24, 2.45) is 4.99 Å². The van der Waals surface area contributed by atoms with Gasteiger partial charge < -0.3 is 10.6 Å². The number of nitrogens with zero attached hydrogens (tertiary/aromatic N) is 3. The second kappa shape index (κ2) is 8.23. The number of anilines is 3. The average Bonchev–Trinajstić information content (AvgIpc) is 3.20. The molecule has 0 radical (unpaired) electrons. The molecule has 0 amide bonds. The summed E-state index contributed by atoms with van der Waals surface area (Å²) in [6.07, 6.45) is 5.33. The fourth-order valence-corrected chi connectivity index (χ4v) is 4.08. The van der Waals surface area contributed by atoms with Crippen LogP contribution in [0.25, 0.3) is 6.08 Å². The van der Waals surface area contributed by atoms with Crippen molar-refractivity contribution < 1.29 is 17.2 Å². The summed E-state index contributed by atoms with van der Waals surface area (Å²) in [5, 5.41) is 6.78. The summed E-state index contributed by atoms with van der Waals surface area (Å²) in [6.45, 7) is 0. The van der Waals surface area contributed by atoms with E-state index in [1.807, 2.05) is 24.4 Å². The minimum absolute atomic E-state index is 0.302. The molecule has 0 saturated heterocycles. The van der Waals surface area contributed by atoms with Crippen molar-refractivity contribution >= 4 is 45.3 Å². The Kier molecular flexibility index (Phi) is 5.47. The molecule has 1 aliphatic heterocycles. The summed E-state index contributed by atoms with van der Waals surface area (Å²) in [6, 6.07) is 8.05. The summed E-state index contributed by atoms with van der Waals surface area (Å²) >= 11 is 0. The molecule has 0 spiro atoms. The molecule has 4 rings (SSSR count). The molecule has 158 valence electrons. The lowest BCUT2D eigenvalue weighted by Crippen LogP contribution is -2.03. The number of nitrogens with one attached hydrogen (secondary N) is 2. The topological polar surface area (TPSA) is 96.3 Å². The van der Waals surface area contributed by atoms with Crippen LogP contribution in [-0.4, -0.2) is 31.6 Å². The van der Waals surface area contributed by atoms with Crippen LogP contribution in [0, 0.1) is 11.6 Å². The Labute approximate surface area is 177 Å². The molecule has 31 heavy (non-hydrogen) atoms. The number of benzene rings is 2. The summed E-state index contributed by atoms with van der Waals surface area (Å²) in [5.41, 5.74) is 3.16. The summed E-state index contributed by atoms with van der Waals surface area (Å²) < 4.78 is 51.7. The Morgan fingerprint density at radius 1 is 1.13 bits per heavy atom. The average molecular weight is 441 g/mol. The van der Waals surface area contributed by atoms with Crippen molar-refractivity contribution in [2.45, 2.75) is 11.3 Å². The second-order valence-corrected chi connectivity index (χ2v) is 8.46. The number of rotatable bonds is 6. The predicted octanol–water partition coefficient (Wildman–Crippen LogP) is 4.24. The van der Waals surface area contributed by atoms with E-state index in [1.165, 1.54) is 12.3 Å². The molecule has 7 nitrogen and oxygen atoms in total. The lowest BCUT2D eigenvalue weighted by molar-refractivity contribution is 0.552. The van der Waals surface area contributed by atoms with E-state index in [2.05, 4.69) is 25.6 Å². The quantitative estimate of drug-likeness (QED) is 0.556. The number of sulfone groups is 1. The minimum Gasteiger partial charge on any atom is -0.372 e. The summed E-state index contributed by atoms with van der Waals surface area (Å²) in [7, 11) is -2.50. The SMILES string of the molecule is CNc1nc(Nc2ccc3c(c2)N=CC3)ncc1/C=C/S(=O)(=O)c1ccc(F)cc1F. The Bertz CT molecular complexity index is 1320. The van der Waals surface area contributed by atoms with Crippen molar-refractivity contribution in [3.8, 4) is 0 Å². The van der Waals surface area contributed by atoms with Gasteiger partial charge in [-0.2, -0.15) is 4.98 Å². The van der Waals surface area contributed by atoms with Gasteiger partial charge in [0.1, 0.15) is 22.3 Å². The van der Waals surface area contributed by atoms with E-state index in [4.69, 9.17) is 0 Å². The van der Waals surface area contributed by atoms with Crippen molar-refractivity contribution in [1.82, 2.24) is 9.97 Å². The van der Waals surface area contributed by atoms with Crippen LogP contribution in [0.15, 0.2) is 57.9 Å². The van der Waals surface area contributed by atoms with Crippen LogP contribution < -0.4 is 10.6 Å². The van der Waals surface area contributed by atoms with Crippen molar-refractivity contribution in [3.63, 3.8) is 0 Å². The third-order valence-corrected chi connectivity index (χ3v) is 6.00. The fraction of sp³-hybridized carbons (Fsp3) is 0.0952. The van der Waals surface area contributed by atoms with Crippen LogP contribution >= 0.6 is 0 Å². The largest absolute Gasteiger partial charge is 0.372 e. The predicted molar refractivity (Wildman–Crippen MR) is 116 cm³/mol. The standard InChI is InChI=1S/C21H17F2N5O2S/c1-24-20-14(7-9-31(29,30)19-5-3-15(22)10-17(19)23)12-26-21(28-20)27-16-4-2-13-6-8-25-18(13)11-16/h2-5,7-12H,6H2,1H3,(H2,24,26,27,28)/b9-7+. The van der Waals surface area contributed by atoms with Gasteiger partial charge in [-0.25, -0.2) is 22.2 Å². The van der Waals surface area contributed by atoms with E-state index in [-0.39, 0.29) is 0 Å². The summed E-state index contributed by atoms with van der Waals surface area (Å²) in [5.74, 6) is -1.35. The molecule has 0 saturated carbocycles. The van der Waals surface area contributed by atoms with Gasteiger partial charge in [-0.3, -0.25) is 4.99 Å². The third kappa shape index (κ3) is 4.43. The first-order valence-corrected chi connectivity index (χ1v) is 10.8. The van der Waals surface area contributed by atoms with Crippen molar-refractivity contribution in [3.05, 3.63) is 70.8 Å². The molecule has 10 heteroatoms. The molecule has 0 aliphatic carbocycles. The lowest BCUT2D eigenvalue weighted by Gasteiger charge is -2.10. The zero-order valence-corrected chi connectivity index (χ0v) is 17.1. The van der Waals surface area contributed by atoms with E-state index in [9.17, 15) is 17.2 Å². The number of hydrogen-bond acceptors (Lipinski definition) is 7. The minimum atomic E-state index is -4.13. The van der Waals surface area contributed by atoms with Gasteiger partial charge in [-0.15, -0.1) is 0 Å². The smallest absolute Gasteiger partial charge is 0.229 e. The van der Waals surface area contributed by atoms with Crippen LogP contribution in [0.5, 0.6) is 0 Å². The van der Waals surface area contributed by atoms with Gasteiger partial charge in [-0.1, -0.05) is 6.07 Å². The zero-order valence-electron chi connectivity index (χ0n) is 16.3. The maximum Gasteiger partial charge on any atom is 0.229 e.